The number of carbonyl (C=O) groups excluding carboxylic acids is 1. The lowest BCUT2D eigenvalue weighted by molar-refractivity contribution is -0.155. The van der Waals surface area contributed by atoms with E-state index in [4.69, 9.17) is 10.2 Å². The third-order valence-electron chi connectivity index (χ3n) is 2.31. The van der Waals surface area contributed by atoms with Crippen molar-refractivity contribution in [3.8, 4) is 0 Å². The molecular formula is C10H17NO5S2. The zero-order valence-electron chi connectivity index (χ0n) is 10.3. The van der Waals surface area contributed by atoms with Gasteiger partial charge in [0.05, 0.1) is 5.37 Å². The fourth-order valence-electron chi connectivity index (χ4n) is 1.38. The van der Waals surface area contributed by atoms with Crippen LogP contribution in [-0.4, -0.2) is 39.4 Å². The molecule has 0 radical (unpaired) electrons. The van der Waals surface area contributed by atoms with Gasteiger partial charge in [-0.3, -0.25) is 19.7 Å². The van der Waals surface area contributed by atoms with Crippen molar-refractivity contribution in [3.05, 3.63) is 0 Å². The third kappa shape index (κ3) is 4.87. The van der Waals surface area contributed by atoms with Crippen molar-refractivity contribution in [3.63, 3.8) is 0 Å². The number of hydrogen-bond acceptors (Lipinski definition) is 6. The normalized spacial score (nSPS) is 16.1. The first-order valence-corrected chi connectivity index (χ1v) is 7.21. The van der Waals surface area contributed by atoms with Crippen molar-refractivity contribution in [2.75, 3.05) is 0 Å². The Morgan fingerprint density at radius 2 is 1.61 bits per heavy atom. The third-order valence-corrected chi connectivity index (χ3v) is 3.71. The molecule has 0 aliphatic heterocycles. The van der Waals surface area contributed by atoms with Gasteiger partial charge in [0.25, 0.3) is 0 Å². The number of Topliss-reactive ketones (excluding diaryl/α,β-unsaturated/α-hetero) is 1. The number of carbonyl (C=O) groups is 3. The summed E-state index contributed by atoms with van der Waals surface area (Å²) in [6, 6.07) is -1.47. The van der Waals surface area contributed by atoms with E-state index in [9.17, 15) is 14.4 Å². The molecule has 0 bridgehead atoms. The van der Waals surface area contributed by atoms with E-state index in [2.05, 4.69) is 17.0 Å². The largest absolute Gasteiger partial charge is 0.481 e. The van der Waals surface area contributed by atoms with Crippen LogP contribution in [0.2, 0.25) is 0 Å². The molecule has 0 amide bonds. The van der Waals surface area contributed by atoms with Gasteiger partial charge in [0, 0.05) is 5.92 Å². The molecule has 0 fully saturated rings. The minimum atomic E-state index is -1.61. The molecule has 0 aromatic carbocycles. The molecule has 0 saturated heterocycles. The van der Waals surface area contributed by atoms with Crippen LogP contribution in [0.5, 0.6) is 0 Å². The Morgan fingerprint density at radius 1 is 1.11 bits per heavy atom. The van der Waals surface area contributed by atoms with Gasteiger partial charge >= 0.3 is 11.9 Å². The van der Waals surface area contributed by atoms with Crippen molar-refractivity contribution in [2.24, 2.45) is 11.8 Å². The maximum atomic E-state index is 11.8. The summed E-state index contributed by atoms with van der Waals surface area (Å²) in [7, 11) is 1.04. The minimum Gasteiger partial charge on any atom is -0.481 e. The summed E-state index contributed by atoms with van der Waals surface area (Å²) in [5, 5.41) is 20.3. The van der Waals surface area contributed by atoms with E-state index in [1.54, 1.807) is 6.92 Å². The van der Waals surface area contributed by atoms with Crippen LogP contribution in [0.25, 0.3) is 0 Å². The maximum absolute atomic E-state index is 11.8. The van der Waals surface area contributed by atoms with Gasteiger partial charge in [-0.2, -0.15) is 0 Å². The van der Waals surface area contributed by atoms with Gasteiger partial charge in [0.1, 0.15) is 12.0 Å². The smallest absolute Gasteiger partial charge is 0.322 e. The lowest BCUT2D eigenvalue weighted by atomic mass is 9.89. The fraction of sp³-hybridized carbons (Fsp3) is 0.700. The lowest BCUT2D eigenvalue weighted by Gasteiger charge is -2.24. The molecule has 0 heterocycles. The zero-order chi connectivity index (χ0) is 14.5. The van der Waals surface area contributed by atoms with E-state index >= 15 is 0 Å². The lowest BCUT2D eigenvalue weighted by Crippen LogP contribution is -2.52. The van der Waals surface area contributed by atoms with Crippen LogP contribution in [0, 0.1) is 11.8 Å². The fourth-order valence-corrected chi connectivity index (χ4v) is 1.77. The molecule has 3 unspecified atom stereocenters. The molecule has 0 saturated carbocycles. The standard InChI is InChI=1S/C10H17NO5S2/c1-4(2)8(12)6(9(13)14)7(10(15)16)11-5(3)18-17/h4-7,11,17H,1-3H3,(H,13,14)(H,15,16). The van der Waals surface area contributed by atoms with E-state index in [-0.39, 0.29) is 0 Å². The highest BCUT2D eigenvalue weighted by Gasteiger charge is 2.40. The van der Waals surface area contributed by atoms with Gasteiger partial charge < -0.3 is 10.2 Å². The quantitative estimate of drug-likeness (QED) is 0.228. The Balaban J connectivity index is 5.18. The molecule has 6 nitrogen and oxygen atoms in total. The summed E-state index contributed by atoms with van der Waals surface area (Å²) in [4.78, 5) is 34.0. The summed E-state index contributed by atoms with van der Waals surface area (Å²) in [6.45, 7) is 4.70. The Labute approximate surface area is 114 Å². The molecular weight excluding hydrogens is 278 g/mol. The second-order valence-corrected chi connectivity index (χ2v) is 5.65. The predicted octanol–water partition coefficient (Wildman–Crippen LogP) is 0.879. The highest BCUT2D eigenvalue weighted by molar-refractivity contribution is 8.68. The van der Waals surface area contributed by atoms with E-state index in [1.165, 1.54) is 13.8 Å². The van der Waals surface area contributed by atoms with Crippen LogP contribution in [-0.2, 0) is 14.4 Å². The first-order chi connectivity index (χ1) is 8.22. The Bertz CT molecular complexity index is 334. The van der Waals surface area contributed by atoms with Crippen molar-refractivity contribution in [1.29, 1.82) is 0 Å². The van der Waals surface area contributed by atoms with E-state index in [1.807, 2.05) is 0 Å². The van der Waals surface area contributed by atoms with Crippen LogP contribution in [0.3, 0.4) is 0 Å². The number of aliphatic carboxylic acids is 2. The summed E-state index contributed by atoms with van der Waals surface area (Å²) in [5.41, 5.74) is 0. The summed E-state index contributed by atoms with van der Waals surface area (Å²) >= 11 is 3.90. The number of ketones is 1. The summed E-state index contributed by atoms with van der Waals surface area (Å²) in [6.07, 6.45) is 0. The molecule has 0 rings (SSSR count). The van der Waals surface area contributed by atoms with Gasteiger partial charge in [-0.25, -0.2) is 0 Å². The molecule has 8 heteroatoms. The van der Waals surface area contributed by atoms with Gasteiger partial charge in [-0.15, -0.1) is 11.7 Å². The van der Waals surface area contributed by atoms with Crippen molar-refractivity contribution in [2.45, 2.75) is 32.2 Å². The number of nitrogens with one attached hydrogen (secondary N) is 1. The topological polar surface area (TPSA) is 104 Å². The van der Waals surface area contributed by atoms with Crippen LogP contribution in [0.15, 0.2) is 0 Å². The van der Waals surface area contributed by atoms with Crippen molar-refractivity contribution < 1.29 is 24.6 Å². The molecule has 3 atom stereocenters. The molecule has 0 aromatic heterocycles. The van der Waals surface area contributed by atoms with E-state index in [0.29, 0.717) is 0 Å². The molecule has 18 heavy (non-hydrogen) atoms. The number of hydrogen-bond donors (Lipinski definition) is 4. The maximum Gasteiger partial charge on any atom is 0.322 e. The van der Waals surface area contributed by atoms with Gasteiger partial charge in [0.2, 0.25) is 0 Å². The minimum absolute atomic E-state index is 0.392. The molecule has 3 N–H and O–H groups in total. The van der Waals surface area contributed by atoms with Crippen LogP contribution < -0.4 is 5.32 Å². The molecule has 104 valence electrons. The number of thiol groups is 1. The van der Waals surface area contributed by atoms with E-state index < -0.39 is 41.0 Å². The van der Waals surface area contributed by atoms with Crippen LogP contribution in [0.4, 0.5) is 0 Å². The van der Waals surface area contributed by atoms with Crippen molar-refractivity contribution >= 4 is 40.2 Å². The average Bonchev–Trinajstić information content (AvgIpc) is 2.26. The monoisotopic (exact) mass is 295 g/mol. The first-order valence-electron chi connectivity index (χ1n) is 5.28. The number of carboxylic acid groups (broad SMARTS) is 2. The van der Waals surface area contributed by atoms with E-state index in [0.717, 1.165) is 10.8 Å². The second-order valence-electron chi connectivity index (χ2n) is 4.10. The van der Waals surface area contributed by atoms with Gasteiger partial charge in [-0.05, 0) is 6.92 Å². The predicted molar refractivity (Wildman–Crippen MR) is 71.6 cm³/mol. The first kappa shape index (κ1) is 17.3. The zero-order valence-corrected chi connectivity index (χ0v) is 12.0. The molecule has 0 aliphatic rings. The molecule has 0 aromatic rings. The van der Waals surface area contributed by atoms with Crippen molar-refractivity contribution in [1.82, 2.24) is 5.32 Å². The summed E-state index contributed by atoms with van der Waals surface area (Å²) < 4.78 is 0. The van der Waals surface area contributed by atoms with Crippen LogP contribution >= 0.6 is 22.5 Å². The molecule has 0 aliphatic carbocycles. The molecule has 0 spiro atoms. The van der Waals surface area contributed by atoms with Crippen LogP contribution in [0.1, 0.15) is 20.8 Å². The summed E-state index contributed by atoms with van der Waals surface area (Å²) in [5.74, 6) is -5.58. The van der Waals surface area contributed by atoms with Gasteiger partial charge in [-0.1, -0.05) is 24.6 Å². The van der Waals surface area contributed by atoms with Gasteiger partial charge in [0.15, 0.2) is 5.78 Å². The Kier molecular flexibility index (Phi) is 7.34. The Hall–Kier alpha value is -0.730. The SMILES string of the molecule is CC(NC(C(=O)O)C(C(=O)O)C(=O)C(C)C)SS. The Morgan fingerprint density at radius 3 is 1.89 bits per heavy atom. The average molecular weight is 295 g/mol. The highest BCUT2D eigenvalue weighted by atomic mass is 33.1. The number of rotatable bonds is 8. The number of carboxylic acids is 2. The highest BCUT2D eigenvalue weighted by Crippen LogP contribution is 2.17. The second kappa shape index (κ2) is 7.65.